The van der Waals surface area contributed by atoms with E-state index in [0.717, 1.165) is 5.56 Å². The van der Waals surface area contributed by atoms with Gasteiger partial charge in [-0.2, -0.15) is 4.31 Å². The number of rotatable bonds is 4. The van der Waals surface area contributed by atoms with Gasteiger partial charge in [-0.15, -0.1) is 0 Å². The van der Waals surface area contributed by atoms with Crippen molar-refractivity contribution < 1.29 is 17.9 Å². The fraction of sp³-hybridized carbons (Fsp3) is 0.562. The van der Waals surface area contributed by atoms with Gasteiger partial charge in [0.1, 0.15) is 5.75 Å². The number of ether oxygens (including phenoxy) is 1. The molecule has 0 radical (unpaired) electrons. The van der Waals surface area contributed by atoms with Gasteiger partial charge in [-0.1, -0.05) is 0 Å². The summed E-state index contributed by atoms with van der Waals surface area (Å²) in [6, 6.07) is 4.93. The summed E-state index contributed by atoms with van der Waals surface area (Å²) in [5, 5.41) is 0. The van der Waals surface area contributed by atoms with Crippen molar-refractivity contribution in [2.75, 3.05) is 32.8 Å². The van der Waals surface area contributed by atoms with E-state index < -0.39 is 10.0 Å². The first kappa shape index (κ1) is 17.7. The summed E-state index contributed by atoms with van der Waals surface area (Å²) in [6.45, 7) is 7.58. The van der Waals surface area contributed by atoms with Gasteiger partial charge in [0.15, 0.2) is 0 Å². The zero-order valence-corrected chi connectivity index (χ0v) is 14.7. The number of carbonyl (C=O) groups excluding carboxylic acids is 1. The lowest BCUT2D eigenvalue weighted by Gasteiger charge is -2.21. The number of sulfonamides is 1. The van der Waals surface area contributed by atoms with Crippen molar-refractivity contribution in [3.05, 3.63) is 23.8 Å². The van der Waals surface area contributed by atoms with E-state index in [4.69, 9.17) is 4.74 Å². The lowest BCUT2D eigenvalue weighted by molar-refractivity contribution is -0.128. The molecule has 7 heteroatoms. The van der Waals surface area contributed by atoms with Crippen LogP contribution in [0.2, 0.25) is 0 Å². The monoisotopic (exact) mass is 340 g/mol. The Hall–Kier alpha value is -1.60. The Morgan fingerprint density at radius 2 is 1.96 bits per heavy atom. The van der Waals surface area contributed by atoms with Crippen LogP contribution in [0.25, 0.3) is 0 Å². The van der Waals surface area contributed by atoms with Crippen LogP contribution in [-0.2, 0) is 14.8 Å². The molecule has 0 N–H and O–H groups in total. The Morgan fingerprint density at radius 1 is 1.22 bits per heavy atom. The number of carbonyl (C=O) groups is 1. The molecule has 0 saturated carbocycles. The van der Waals surface area contributed by atoms with Crippen molar-refractivity contribution in [3.8, 4) is 5.75 Å². The van der Waals surface area contributed by atoms with Gasteiger partial charge in [-0.05, 0) is 44.0 Å². The lowest BCUT2D eigenvalue weighted by atomic mass is 10.2. The predicted octanol–water partition coefficient (Wildman–Crippen LogP) is 1.64. The van der Waals surface area contributed by atoms with E-state index in [0.29, 0.717) is 45.0 Å². The van der Waals surface area contributed by atoms with Crippen molar-refractivity contribution in [3.63, 3.8) is 0 Å². The molecule has 0 spiro atoms. The first-order valence-electron chi connectivity index (χ1n) is 7.85. The maximum Gasteiger partial charge on any atom is 0.243 e. The van der Waals surface area contributed by atoms with E-state index in [9.17, 15) is 13.2 Å². The van der Waals surface area contributed by atoms with E-state index >= 15 is 0 Å². The predicted molar refractivity (Wildman–Crippen MR) is 88.0 cm³/mol. The van der Waals surface area contributed by atoms with Crippen molar-refractivity contribution in [1.82, 2.24) is 9.21 Å². The van der Waals surface area contributed by atoms with Crippen LogP contribution < -0.4 is 4.74 Å². The van der Waals surface area contributed by atoms with E-state index in [1.54, 1.807) is 23.1 Å². The third kappa shape index (κ3) is 4.03. The van der Waals surface area contributed by atoms with Crippen LogP contribution in [0.3, 0.4) is 0 Å². The molecule has 1 aromatic rings. The van der Waals surface area contributed by atoms with Crippen LogP contribution in [0.1, 0.15) is 25.8 Å². The molecule has 1 aliphatic rings. The molecule has 1 aromatic carbocycles. The molecule has 1 heterocycles. The van der Waals surface area contributed by atoms with Gasteiger partial charge in [-0.25, -0.2) is 8.42 Å². The number of aryl methyl sites for hydroxylation is 1. The minimum absolute atomic E-state index is 0.0128. The van der Waals surface area contributed by atoms with Crippen LogP contribution in [0, 0.1) is 6.92 Å². The fourth-order valence-electron chi connectivity index (χ4n) is 2.70. The molecule has 1 aliphatic heterocycles. The lowest BCUT2D eigenvalue weighted by Crippen LogP contribution is -2.36. The van der Waals surface area contributed by atoms with E-state index in [-0.39, 0.29) is 10.8 Å². The summed E-state index contributed by atoms with van der Waals surface area (Å²) in [4.78, 5) is 13.4. The number of benzene rings is 1. The zero-order chi connectivity index (χ0) is 17.0. The summed E-state index contributed by atoms with van der Waals surface area (Å²) >= 11 is 0. The highest BCUT2D eigenvalue weighted by Crippen LogP contribution is 2.24. The number of amides is 1. The first-order valence-corrected chi connectivity index (χ1v) is 9.29. The molecule has 23 heavy (non-hydrogen) atoms. The first-order chi connectivity index (χ1) is 10.9. The normalized spacial score (nSPS) is 16.9. The van der Waals surface area contributed by atoms with Gasteiger partial charge >= 0.3 is 0 Å². The highest BCUT2D eigenvalue weighted by Gasteiger charge is 2.27. The van der Waals surface area contributed by atoms with E-state index in [2.05, 4.69) is 0 Å². The number of hydrogen-bond acceptors (Lipinski definition) is 4. The van der Waals surface area contributed by atoms with Gasteiger partial charge in [0, 0.05) is 33.1 Å². The van der Waals surface area contributed by atoms with Gasteiger partial charge in [0.05, 0.1) is 11.5 Å². The molecule has 0 bridgehead atoms. The van der Waals surface area contributed by atoms with Crippen LogP contribution in [0.5, 0.6) is 5.75 Å². The second-order valence-electron chi connectivity index (χ2n) is 5.62. The highest BCUT2D eigenvalue weighted by molar-refractivity contribution is 7.89. The van der Waals surface area contributed by atoms with Crippen LogP contribution >= 0.6 is 0 Å². The molecular formula is C16H24N2O4S. The molecule has 128 valence electrons. The smallest absolute Gasteiger partial charge is 0.243 e. The third-order valence-corrected chi connectivity index (χ3v) is 5.88. The van der Waals surface area contributed by atoms with Crippen molar-refractivity contribution in [2.24, 2.45) is 0 Å². The number of hydrogen-bond donors (Lipinski definition) is 0. The van der Waals surface area contributed by atoms with Crippen molar-refractivity contribution >= 4 is 15.9 Å². The zero-order valence-electron chi connectivity index (χ0n) is 13.9. The molecule has 0 unspecified atom stereocenters. The minimum atomic E-state index is -3.55. The number of nitrogens with zero attached hydrogens (tertiary/aromatic N) is 2. The SMILES string of the molecule is CCOc1ccc(S(=O)(=O)N2CCCN(C(C)=O)CC2)cc1C. The topological polar surface area (TPSA) is 66.9 Å². The minimum Gasteiger partial charge on any atom is -0.494 e. The maximum absolute atomic E-state index is 12.8. The van der Waals surface area contributed by atoms with Crippen LogP contribution in [0.4, 0.5) is 0 Å². The molecule has 1 saturated heterocycles. The Morgan fingerprint density at radius 3 is 2.57 bits per heavy atom. The van der Waals surface area contributed by atoms with Gasteiger partial charge < -0.3 is 9.64 Å². The molecule has 0 atom stereocenters. The van der Waals surface area contributed by atoms with E-state index in [1.807, 2.05) is 13.8 Å². The molecule has 6 nitrogen and oxygen atoms in total. The van der Waals surface area contributed by atoms with Crippen LogP contribution in [-0.4, -0.2) is 56.3 Å². The highest BCUT2D eigenvalue weighted by atomic mass is 32.2. The maximum atomic E-state index is 12.8. The molecule has 2 rings (SSSR count). The Balaban J connectivity index is 2.21. The largest absolute Gasteiger partial charge is 0.494 e. The second kappa shape index (κ2) is 7.31. The average Bonchev–Trinajstić information content (AvgIpc) is 2.76. The third-order valence-electron chi connectivity index (χ3n) is 3.98. The molecule has 1 amide bonds. The Bertz CT molecular complexity index is 673. The van der Waals surface area contributed by atoms with Gasteiger partial charge in [0.2, 0.25) is 15.9 Å². The van der Waals surface area contributed by atoms with Crippen molar-refractivity contribution in [2.45, 2.75) is 32.1 Å². The van der Waals surface area contributed by atoms with Gasteiger partial charge in [-0.3, -0.25) is 4.79 Å². The summed E-state index contributed by atoms with van der Waals surface area (Å²) in [5.74, 6) is 0.686. The summed E-state index contributed by atoms with van der Waals surface area (Å²) < 4.78 is 32.6. The Kier molecular flexibility index (Phi) is 5.64. The van der Waals surface area contributed by atoms with E-state index in [1.165, 1.54) is 11.2 Å². The quantitative estimate of drug-likeness (QED) is 0.836. The summed E-state index contributed by atoms with van der Waals surface area (Å²) in [7, 11) is -3.55. The molecule has 0 aromatic heterocycles. The fourth-order valence-corrected chi connectivity index (χ4v) is 4.25. The van der Waals surface area contributed by atoms with Crippen molar-refractivity contribution in [1.29, 1.82) is 0 Å². The molecule has 0 aliphatic carbocycles. The van der Waals surface area contributed by atoms with Crippen LogP contribution in [0.15, 0.2) is 23.1 Å². The average molecular weight is 340 g/mol. The summed E-state index contributed by atoms with van der Waals surface area (Å²) in [6.07, 6.45) is 0.648. The molecular weight excluding hydrogens is 316 g/mol. The summed E-state index contributed by atoms with van der Waals surface area (Å²) in [5.41, 5.74) is 0.799. The standard InChI is InChI=1S/C16H24N2O4S/c1-4-22-16-7-6-15(12-13(16)2)23(20,21)18-9-5-8-17(10-11-18)14(3)19/h6-7,12H,4-5,8-11H2,1-3H3. The molecule has 1 fully saturated rings. The Labute approximate surface area is 138 Å². The van der Waals surface area contributed by atoms with Gasteiger partial charge in [0.25, 0.3) is 0 Å². The second-order valence-corrected chi connectivity index (χ2v) is 7.56.